The smallest absolute Gasteiger partial charge is 0.134 e. The van der Waals surface area contributed by atoms with Crippen LogP contribution in [-0.2, 0) is 0 Å². The molecule has 1 N–H and O–H groups in total. The van der Waals surface area contributed by atoms with Crippen LogP contribution in [0.5, 0.6) is 0 Å². The molecule has 0 unspecified atom stereocenters. The fourth-order valence-electron chi connectivity index (χ4n) is 1.38. The van der Waals surface area contributed by atoms with Crippen molar-refractivity contribution in [1.29, 1.82) is 5.26 Å². The molecule has 0 saturated carbocycles. The number of anilines is 2. The van der Waals surface area contributed by atoms with Gasteiger partial charge in [-0.05, 0) is 27.7 Å². The van der Waals surface area contributed by atoms with Gasteiger partial charge in [-0.25, -0.2) is 9.97 Å². The van der Waals surface area contributed by atoms with E-state index in [0.717, 1.165) is 11.6 Å². The van der Waals surface area contributed by atoms with Gasteiger partial charge in [0.25, 0.3) is 0 Å². The second-order valence-electron chi connectivity index (χ2n) is 5.05. The third-order valence-corrected chi connectivity index (χ3v) is 2.03. The fourth-order valence-corrected chi connectivity index (χ4v) is 1.38. The molecule has 0 aliphatic rings. The van der Waals surface area contributed by atoms with Gasteiger partial charge in [0, 0.05) is 18.7 Å². The predicted octanol–water partition coefficient (Wildman–Crippen LogP) is 1.96. The summed E-state index contributed by atoms with van der Waals surface area (Å²) in [6.07, 6.45) is 0. The number of rotatable bonds is 3. The molecule has 92 valence electrons. The van der Waals surface area contributed by atoms with Crippen molar-refractivity contribution in [2.24, 2.45) is 0 Å². The number of nitriles is 1. The average molecular weight is 233 g/mol. The minimum atomic E-state index is -0.0497. The van der Waals surface area contributed by atoms with Crippen LogP contribution in [0.25, 0.3) is 0 Å². The number of aromatic nitrogens is 2. The molecule has 0 aliphatic heterocycles. The van der Waals surface area contributed by atoms with Crippen molar-refractivity contribution in [2.75, 3.05) is 23.8 Å². The van der Waals surface area contributed by atoms with Crippen molar-refractivity contribution < 1.29 is 0 Å². The van der Waals surface area contributed by atoms with Crippen molar-refractivity contribution in [3.63, 3.8) is 0 Å². The largest absolute Gasteiger partial charge is 0.365 e. The van der Waals surface area contributed by atoms with E-state index < -0.39 is 0 Å². The van der Waals surface area contributed by atoms with Crippen molar-refractivity contribution in [3.05, 3.63) is 11.9 Å². The summed E-state index contributed by atoms with van der Waals surface area (Å²) >= 11 is 0. The summed E-state index contributed by atoms with van der Waals surface area (Å²) in [6.45, 7) is 8.37. The van der Waals surface area contributed by atoms with Gasteiger partial charge in [0.1, 0.15) is 24.0 Å². The predicted molar refractivity (Wildman–Crippen MR) is 69.0 cm³/mol. The summed E-state index contributed by atoms with van der Waals surface area (Å²) in [5.74, 6) is 2.23. The quantitative estimate of drug-likeness (QED) is 0.808. The molecule has 1 rings (SSSR count). The number of hydrogen-bond donors (Lipinski definition) is 1. The molecule has 1 aromatic heterocycles. The van der Waals surface area contributed by atoms with Gasteiger partial charge in [-0.15, -0.1) is 0 Å². The highest BCUT2D eigenvalue weighted by molar-refractivity contribution is 5.50. The molecule has 0 radical (unpaired) electrons. The first-order valence-electron chi connectivity index (χ1n) is 5.54. The van der Waals surface area contributed by atoms with E-state index in [2.05, 4.69) is 42.1 Å². The molecule has 0 fully saturated rings. The third kappa shape index (κ3) is 4.27. The van der Waals surface area contributed by atoms with Crippen LogP contribution in [0.3, 0.4) is 0 Å². The lowest BCUT2D eigenvalue weighted by atomic mass is 10.1. The molecule has 1 heterocycles. The molecule has 0 spiro atoms. The maximum atomic E-state index is 8.67. The first-order valence-corrected chi connectivity index (χ1v) is 5.54. The molecule has 1 aromatic rings. The molecule has 0 saturated heterocycles. The number of nitrogens with zero attached hydrogens (tertiary/aromatic N) is 4. The Kier molecular flexibility index (Phi) is 3.89. The Balaban J connectivity index is 2.99. The first-order chi connectivity index (χ1) is 7.81. The lowest BCUT2D eigenvalue weighted by molar-refractivity contribution is 0.629. The van der Waals surface area contributed by atoms with Crippen molar-refractivity contribution >= 4 is 11.6 Å². The molecule has 5 heteroatoms. The van der Waals surface area contributed by atoms with Crippen LogP contribution in [-0.4, -0.2) is 29.1 Å². The van der Waals surface area contributed by atoms with Crippen molar-refractivity contribution in [1.82, 2.24) is 9.97 Å². The van der Waals surface area contributed by atoms with Gasteiger partial charge in [-0.3, -0.25) is 0 Å². The summed E-state index contributed by atoms with van der Waals surface area (Å²) in [7, 11) is 1.84. The second kappa shape index (κ2) is 5.00. The van der Waals surface area contributed by atoms with Gasteiger partial charge in [0.05, 0.1) is 6.07 Å². The SMILES string of the molecule is Cc1nc(NC(C)(C)C)cc(N(C)CC#N)n1. The van der Waals surface area contributed by atoms with E-state index in [1.54, 1.807) is 4.90 Å². The molecular formula is C12H19N5. The van der Waals surface area contributed by atoms with Crippen LogP contribution < -0.4 is 10.2 Å². The summed E-state index contributed by atoms with van der Waals surface area (Å²) < 4.78 is 0. The maximum Gasteiger partial charge on any atom is 0.134 e. The highest BCUT2D eigenvalue weighted by Crippen LogP contribution is 2.17. The molecular weight excluding hydrogens is 214 g/mol. The summed E-state index contributed by atoms with van der Waals surface area (Å²) in [6, 6.07) is 3.95. The molecule has 0 bridgehead atoms. The normalized spacial score (nSPS) is 10.8. The fraction of sp³-hybridized carbons (Fsp3) is 0.583. The molecule has 5 nitrogen and oxygen atoms in total. The Morgan fingerprint density at radius 3 is 2.59 bits per heavy atom. The van der Waals surface area contributed by atoms with Gasteiger partial charge in [-0.1, -0.05) is 0 Å². The molecule has 0 amide bonds. The first kappa shape index (κ1) is 13.2. The number of nitrogens with one attached hydrogen (secondary N) is 1. The van der Waals surface area contributed by atoms with Gasteiger partial charge < -0.3 is 10.2 Å². The topological polar surface area (TPSA) is 64.8 Å². The summed E-state index contributed by atoms with van der Waals surface area (Å²) in [5, 5.41) is 12.0. The summed E-state index contributed by atoms with van der Waals surface area (Å²) in [4.78, 5) is 10.4. The van der Waals surface area contributed by atoms with Crippen LogP contribution in [0.1, 0.15) is 26.6 Å². The molecule has 0 aliphatic carbocycles. The van der Waals surface area contributed by atoms with Crippen LogP contribution >= 0.6 is 0 Å². The molecule has 0 atom stereocenters. The second-order valence-corrected chi connectivity index (χ2v) is 5.05. The van der Waals surface area contributed by atoms with E-state index in [1.807, 2.05) is 20.0 Å². The maximum absolute atomic E-state index is 8.67. The van der Waals surface area contributed by atoms with Gasteiger partial charge in [-0.2, -0.15) is 5.26 Å². The van der Waals surface area contributed by atoms with E-state index in [0.29, 0.717) is 12.4 Å². The van der Waals surface area contributed by atoms with E-state index >= 15 is 0 Å². The van der Waals surface area contributed by atoms with Crippen LogP contribution in [0.4, 0.5) is 11.6 Å². The molecule has 0 aromatic carbocycles. The highest BCUT2D eigenvalue weighted by atomic mass is 15.2. The van der Waals surface area contributed by atoms with Crippen molar-refractivity contribution in [3.8, 4) is 6.07 Å². The zero-order valence-corrected chi connectivity index (χ0v) is 11.1. The monoisotopic (exact) mass is 233 g/mol. The Morgan fingerprint density at radius 1 is 1.41 bits per heavy atom. The van der Waals surface area contributed by atoms with Crippen LogP contribution in [0.2, 0.25) is 0 Å². The van der Waals surface area contributed by atoms with Crippen LogP contribution in [0, 0.1) is 18.3 Å². The highest BCUT2D eigenvalue weighted by Gasteiger charge is 2.12. The average Bonchev–Trinajstić information content (AvgIpc) is 2.14. The van der Waals surface area contributed by atoms with E-state index in [-0.39, 0.29) is 5.54 Å². The Bertz CT molecular complexity index is 428. The minimum Gasteiger partial charge on any atom is -0.365 e. The Morgan fingerprint density at radius 2 is 2.06 bits per heavy atom. The molecule has 17 heavy (non-hydrogen) atoms. The number of aryl methyl sites for hydroxylation is 1. The minimum absolute atomic E-state index is 0.0497. The van der Waals surface area contributed by atoms with Crippen LogP contribution in [0.15, 0.2) is 6.07 Å². The van der Waals surface area contributed by atoms with Gasteiger partial charge >= 0.3 is 0 Å². The third-order valence-electron chi connectivity index (χ3n) is 2.03. The van der Waals surface area contributed by atoms with Gasteiger partial charge in [0.15, 0.2) is 0 Å². The summed E-state index contributed by atoms with van der Waals surface area (Å²) in [5.41, 5.74) is -0.0497. The Labute approximate surface area is 102 Å². The number of hydrogen-bond acceptors (Lipinski definition) is 5. The van der Waals surface area contributed by atoms with E-state index in [1.165, 1.54) is 0 Å². The Hall–Kier alpha value is -1.83. The standard InChI is InChI=1S/C12H19N5/c1-9-14-10(16-12(2,3)4)8-11(15-9)17(5)7-6-13/h8H,7H2,1-5H3,(H,14,15,16). The zero-order valence-electron chi connectivity index (χ0n) is 11.1. The zero-order chi connectivity index (χ0) is 13.1. The van der Waals surface area contributed by atoms with Gasteiger partial charge in [0.2, 0.25) is 0 Å². The lowest BCUT2D eigenvalue weighted by Crippen LogP contribution is -2.27. The van der Waals surface area contributed by atoms with E-state index in [4.69, 9.17) is 5.26 Å². The van der Waals surface area contributed by atoms with E-state index in [9.17, 15) is 0 Å². The van der Waals surface area contributed by atoms with Crippen molar-refractivity contribution in [2.45, 2.75) is 33.2 Å². The lowest BCUT2D eigenvalue weighted by Gasteiger charge is -2.23.